The molecule has 0 saturated carbocycles. The summed E-state index contributed by atoms with van der Waals surface area (Å²) < 4.78 is 0. The Morgan fingerprint density at radius 1 is 1.35 bits per heavy atom. The molecule has 1 fully saturated rings. The molecule has 2 rings (SSSR count). The number of hydrogen-bond acceptors (Lipinski definition) is 2. The van der Waals surface area contributed by atoms with E-state index in [1.54, 1.807) is 0 Å². The van der Waals surface area contributed by atoms with Crippen LogP contribution < -0.4 is 10.6 Å². The van der Waals surface area contributed by atoms with Gasteiger partial charge in [0.2, 0.25) is 0 Å². The topological polar surface area (TPSA) is 24.1 Å². The van der Waals surface area contributed by atoms with Crippen molar-refractivity contribution in [3.63, 3.8) is 0 Å². The average Bonchev–Trinajstić information content (AvgIpc) is 2.38. The van der Waals surface area contributed by atoms with Gasteiger partial charge in [-0.2, -0.15) is 0 Å². The van der Waals surface area contributed by atoms with Crippen molar-refractivity contribution in [2.75, 3.05) is 19.6 Å². The smallest absolute Gasteiger partial charge is 0.0208 e. The first kappa shape index (κ1) is 12.6. The van der Waals surface area contributed by atoms with Crippen LogP contribution in [0.15, 0.2) is 24.3 Å². The summed E-state index contributed by atoms with van der Waals surface area (Å²) in [6.45, 7) is 6.76. The molecule has 0 radical (unpaired) electrons. The number of piperidine rings is 1. The van der Waals surface area contributed by atoms with Gasteiger partial charge in [0.25, 0.3) is 0 Å². The average molecular weight is 232 g/mol. The lowest BCUT2D eigenvalue weighted by Crippen LogP contribution is -2.31. The molecule has 0 aliphatic carbocycles. The lowest BCUT2D eigenvalue weighted by atomic mass is 9.96. The SMILES string of the molecule is Cc1ccccc1CNCCC1CCCNC1. The Bertz CT molecular complexity index is 329. The van der Waals surface area contributed by atoms with Crippen LogP contribution in [0.3, 0.4) is 0 Å². The number of aryl methyl sites for hydroxylation is 1. The van der Waals surface area contributed by atoms with Crippen molar-refractivity contribution in [1.29, 1.82) is 0 Å². The summed E-state index contributed by atoms with van der Waals surface area (Å²) in [4.78, 5) is 0. The van der Waals surface area contributed by atoms with Crippen LogP contribution in [0.25, 0.3) is 0 Å². The van der Waals surface area contributed by atoms with Crippen molar-refractivity contribution >= 4 is 0 Å². The van der Waals surface area contributed by atoms with E-state index in [0.29, 0.717) is 0 Å². The van der Waals surface area contributed by atoms with Crippen molar-refractivity contribution in [3.8, 4) is 0 Å². The van der Waals surface area contributed by atoms with Gasteiger partial charge in [0.15, 0.2) is 0 Å². The molecule has 2 heteroatoms. The fraction of sp³-hybridized carbons (Fsp3) is 0.600. The minimum atomic E-state index is 0.883. The highest BCUT2D eigenvalue weighted by atomic mass is 14.9. The van der Waals surface area contributed by atoms with Crippen LogP contribution in [0.5, 0.6) is 0 Å². The van der Waals surface area contributed by atoms with E-state index >= 15 is 0 Å². The van der Waals surface area contributed by atoms with Crippen LogP contribution in [0, 0.1) is 12.8 Å². The second kappa shape index (κ2) is 6.77. The molecule has 1 unspecified atom stereocenters. The van der Waals surface area contributed by atoms with E-state index in [9.17, 15) is 0 Å². The van der Waals surface area contributed by atoms with Gasteiger partial charge in [-0.1, -0.05) is 24.3 Å². The van der Waals surface area contributed by atoms with Crippen LogP contribution in [0.4, 0.5) is 0 Å². The normalized spacial score (nSPS) is 20.4. The molecule has 0 amide bonds. The Morgan fingerprint density at radius 3 is 3.00 bits per heavy atom. The predicted octanol–water partition coefficient (Wildman–Crippen LogP) is 2.47. The van der Waals surface area contributed by atoms with E-state index in [2.05, 4.69) is 41.8 Å². The van der Waals surface area contributed by atoms with Crippen LogP contribution in [0.2, 0.25) is 0 Å². The van der Waals surface area contributed by atoms with Crippen LogP contribution in [-0.2, 0) is 6.54 Å². The lowest BCUT2D eigenvalue weighted by molar-refractivity contribution is 0.352. The molecule has 0 spiro atoms. The molecule has 0 aromatic heterocycles. The van der Waals surface area contributed by atoms with Gasteiger partial charge < -0.3 is 10.6 Å². The maximum Gasteiger partial charge on any atom is 0.0208 e. The highest BCUT2D eigenvalue weighted by Crippen LogP contribution is 2.13. The van der Waals surface area contributed by atoms with Gasteiger partial charge in [0.05, 0.1) is 0 Å². The third-order valence-corrected chi connectivity index (χ3v) is 3.71. The molecule has 1 aliphatic heterocycles. The molecule has 2 nitrogen and oxygen atoms in total. The van der Waals surface area contributed by atoms with Crippen molar-refractivity contribution in [2.24, 2.45) is 5.92 Å². The van der Waals surface area contributed by atoms with Gasteiger partial charge in [-0.25, -0.2) is 0 Å². The molecule has 0 bridgehead atoms. The zero-order valence-corrected chi connectivity index (χ0v) is 10.8. The largest absolute Gasteiger partial charge is 0.316 e. The van der Waals surface area contributed by atoms with Gasteiger partial charge in [-0.05, 0) is 62.9 Å². The first-order chi connectivity index (χ1) is 8.36. The minimum Gasteiger partial charge on any atom is -0.316 e. The van der Waals surface area contributed by atoms with E-state index in [-0.39, 0.29) is 0 Å². The Balaban J connectivity index is 1.64. The van der Waals surface area contributed by atoms with Crippen molar-refractivity contribution < 1.29 is 0 Å². The maximum absolute atomic E-state index is 3.56. The minimum absolute atomic E-state index is 0.883. The second-order valence-corrected chi connectivity index (χ2v) is 5.10. The zero-order chi connectivity index (χ0) is 11.9. The van der Waals surface area contributed by atoms with E-state index in [1.807, 2.05) is 0 Å². The molecule has 94 valence electrons. The Labute approximate surface area is 105 Å². The number of benzene rings is 1. The molecule has 1 aromatic rings. The maximum atomic E-state index is 3.56. The summed E-state index contributed by atoms with van der Waals surface area (Å²) in [5.74, 6) is 0.883. The van der Waals surface area contributed by atoms with E-state index in [1.165, 1.54) is 43.5 Å². The van der Waals surface area contributed by atoms with Gasteiger partial charge in [-0.3, -0.25) is 0 Å². The summed E-state index contributed by atoms with van der Waals surface area (Å²) >= 11 is 0. The van der Waals surface area contributed by atoms with Gasteiger partial charge in [0, 0.05) is 6.54 Å². The van der Waals surface area contributed by atoms with Gasteiger partial charge >= 0.3 is 0 Å². The van der Waals surface area contributed by atoms with E-state index in [0.717, 1.165) is 19.0 Å². The molecule has 2 N–H and O–H groups in total. The monoisotopic (exact) mass is 232 g/mol. The van der Waals surface area contributed by atoms with E-state index < -0.39 is 0 Å². The predicted molar refractivity (Wildman–Crippen MR) is 73.1 cm³/mol. The Morgan fingerprint density at radius 2 is 2.24 bits per heavy atom. The van der Waals surface area contributed by atoms with Crippen molar-refractivity contribution in [3.05, 3.63) is 35.4 Å². The third-order valence-electron chi connectivity index (χ3n) is 3.71. The molecular formula is C15H24N2. The van der Waals surface area contributed by atoms with Crippen LogP contribution >= 0.6 is 0 Å². The van der Waals surface area contributed by atoms with Crippen LogP contribution in [-0.4, -0.2) is 19.6 Å². The number of nitrogens with one attached hydrogen (secondary N) is 2. The standard InChI is InChI=1S/C15H24N2/c1-13-5-2-3-7-15(13)12-17-10-8-14-6-4-9-16-11-14/h2-3,5,7,14,16-17H,4,6,8-12H2,1H3. The Kier molecular flexibility index (Phi) is 5.02. The summed E-state index contributed by atoms with van der Waals surface area (Å²) in [5, 5.41) is 7.04. The highest BCUT2D eigenvalue weighted by Gasteiger charge is 2.11. The summed E-state index contributed by atoms with van der Waals surface area (Å²) in [7, 11) is 0. The van der Waals surface area contributed by atoms with Crippen molar-refractivity contribution in [2.45, 2.75) is 32.7 Å². The number of hydrogen-bond donors (Lipinski definition) is 2. The Hall–Kier alpha value is -0.860. The first-order valence-electron chi connectivity index (χ1n) is 6.82. The quantitative estimate of drug-likeness (QED) is 0.762. The van der Waals surface area contributed by atoms with E-state index in [4.69, 9.17) is 0 Å². The highest BCUT2D eigenvalue weighted by molar-refractivity contribution is 5.25. The summed E-state index contributed by atoms with van der Waals surface area (Å²) in [6, 6.07) is 8.62. The summed E-state index contributed by atoms with van der Waals surface area (Å²) in [5.41, 5.74) is 2.81. The molecule has 1 saturated heterocycles. The fourth-order valence-electron chi connectivity index (χ4n) is 2.51. The number of rotatable bonds is 5. The third kappa shape index (κ3) is 4.14. The molecule has 1 atom stereocenters. The first-order valence-corrected chi connectivity index (χ1v) is 6.82. The zero-order valence-electron chi connectivity index (χ0n) is 10.8. The lowest BCUT2D eigenvalue weighted by Gasteiger charge is -2.22. The molecule has 1 aromatic carbocycles. The van der Waals surface area contributed by atoms with Crippen molar-refractivity contribution in [1.82, 2.24) is 10.6 Å². The fourth-order valence-corrected chi connectivity index (χ4v) is 2.51. The molecular weight excluding hydrogens is 208 g/mol. The summed E-state index contributed by atoms with van der Waals surface area (Å²) in [6.07, 6.45) is 4.06. The van der Waals surface area contributed by atoms with Gasteiger partial charge in [0.1, 0.15) is 0 Å². The molecule has 17 heavy (non-hydrogen) atoms. The molecule has 1 heterocycles. The second-order valence-electron chi connectivity index (χ2n) is 5.10. The molecule has 1 aliphatic rings. The van der Waals surface area contributed by atoms with Gasteiger partial charge in [-0.15, -0.1) is 0 Å². The van der Waals surface area contributed by atoms with Crippen LogP contribution in [0.1, 0.15) is 30.4 Å².